The lowest BCUT2D eigenvalue weighted by Crippen LogP contribution is -2.45. The average Bonchev–Trinajstić information content (AvgIpc) is 3.33. The Bertz CT molecular complexity index is 697. The highest BCUT2D eigenvalue weighted by atomic mass is 16.5. The van der Waals surface area contributed by atoms with Crippen LogP contribution in [-0.2, 0) is 9.53 Å². The molecular formula is C24H35N3O2. The standard InChI is InChI=1S/C24H35N3O2/c1-25-11-7-21(8-12-25)26-15-20-16-27(24(28)19-9-13-29-14-10-19)23(22(20)17-26)18-5-3-2-4-6-18/h2-6,19-23H,7-17H2,1H3/t20-,22-,23+/m0/s1. The van der Waals surface area contributed by atoms with Gasteiger partial charge in [-0.3, -0.25) is 9.69 Å². The number of nitrogens with zero attached hydrogens (tertiary/aromatic N) is 3. The molecule has 0 radical (unpaired) electrons. The van der Waals surface area contributed by atoms with Crippen molar-refractivity contribution in [3.63, 3.8) is 0 Å². The van der Waals surface area contributed by atoms with Gasteiger partial charge in [0.2, 0.25) is 5.91 Å². The van der Waals surface area contributed by atoms with Crippen LogP contribution >= 0.6 is 0 Å². The van der Waals surface area contributed by atoms with Crippen molar-refractivity contribution in [2.45, 2.75) is 37.8 Å². The van der Waals surface area contributed by atoms with E-state index >= 15 is 0 Å². The Morgan fingerprint density at radius 3 is 2.41 bits per heavy atom. The minimum Gasteiger partial charge on any atom is -0.381 e. The normalized spacial score (nSPS) is 32.6. The molecule has 0 aliphatic carbocycles. The number of piperidine rings is 1. The van der Waals surface area contributed by atoms with Crippen molar-refractivity contribution in [1.82, 2.24) is 14.7 Å². The third-order valence-corrected chi connectivity index (χ3v) is 7.89. The van der Waals surface area contributed by atoms with Crippen molar-refractivity contribution in [3.8, 4) is 0 Å². The van der Waals surface area contributed by atoms with Crippen LogP contribution in [-0.4, -0.2) is 79.6 Å². The van der Waals surface area contributed by atoms with Gasteiger partial charge in [0.1, 0.15) is 0 Å². The number of hydrogen-bond acceptors (Lipinski definition) is 4. The van der Waals surface area contributed by atoms with Gasteiger partial charge >= 0.3 is 0 Å². The van der Waals surface area contributed by atoms with Gasteiger partial charge < -0.3 is 14.5 Å². The monoisotopic (exact) mass is 397 g/mol. The lowest BCUT2D eigenvalue weighted by atomic mass is 9.89. The van der Waals surface area contributed by atoms with E-state index in [0.29, 0.717) is 17.7 Å². The van der Waals surface area contributed by atoms with E-state index in [9.17, 15) is 4.79 Å². The summed E-state index contributed by atoms with van der Waals surface area (Å²) in [6, 6.07) is 11.8. The minimum atomic E-state index is 0.152. The predicted molar refractivity (Wildman–Crippen MR) is 114 cm³/mol. The number of amides is 1. The highest BCUT2D eigenvalue weighted by Crippen LogP contribution is 2.46. The van der Waals surface area contributed by atoms with Gasteiger partial charge in [0.25, 0.3) is 0 Å². The summed E-state index contributed by atoms with van der Waals surface area (Å²) >= 11 is 0. The maximum Gasteiger partial charge on any atom is 0.226 e. The molecule has 4 aliphatic rings. The minimum absolute atomic E-state index is 0.152. The third-order valence-electron chi connectivity index (χ3n) is 7.89. The fourth-order valence-electron chi connectivity index (χ4n) is 6.22. The number of carbonyl (C=O) groups is 1. The molecule has 1 amide bonds. The molecule has 1 aromatic carbocycles. The summed E-state index contributed by atoms with van der Waals surface area (Å²) in [6.45, 7) is 7.15. The lowest BCUT2D eigenvalue weighted by Gasteiger charge is -2.37. The molecule has 4 saturated heterocycles. The predicted octanol–water partition coefficient (Wildman–Crippen LogP) is 2.64. The fourth-order valence-corrected chi connectivity index (χ4v) is 6.22. The largest absolute Gasteiger partial charge is 0.381 e. The van der Waals surface area contributed by atoms with Gasteiger partial charge in [0.15, 0.2) is 0 Å². The highest BCUT2D eigenvalue weighted by molar-refractivity contribution is 5.80. The molecule has 4 fully saturated rings. The first kappa shape index (κ1) is 19.5. The van der Waals surface area contributed by atoms with Crippen LogP contribution in [0.3, 0.4) is 0 Å². The number of hydrogen-bond donors (Lipinski definition) is 0. The van der Waals surface area contributed by atoms with Gasteiger partial charge in [-0.05, 0) is 57.3 Å². The molecule has 0 N–H and O–H groups in total. The van der Waals surface area contributed by atoms with Gasteiger partial charge in [-0.15, -0.1) is 0 Å². The van der Waals surface area contributed by atoms with E-state index in [2.05, 4.69) is 52.1 Å². The molecule has 5 nitrogen and oxygen atoms in total. The summed E-state index contributed by atoms with van der Waals surface area (Å²) < 4.78 is 5.51. The Labute approximate surface area is 175 Å². The zero-order chi connectivity index (χ0) is 19.8. The van der Waals surface area contributed by atoms with Gasteiger partial charge in [0.05, 0.1) is 6.04 Å². The first-order valence-electron chi connectivity index (χ1n) is 11.6. The van der Waals surface area contributed by atoms with Crippen molar-refractivity contribution >= 4 is 5.91 Å². The number of carbonyl (C=O) groups excluding carboxylic acids is 1. The van der Waals surface area contributed by atoms with E-state index in [-0.39, 0.29) is 12.0 Å². The Morgan fingerprint density at radius 1 is 0.966 bits per heavy atom. The number of likely N-dealkylation sites (tertiary alicyclic amines) is 3. The fraction of sp³-hybridized carbons (Fsp3) is 0.708. The van der Waals surface area contributed by atoms with E-state index in [0.717, 1.165) is 45.2 Å². The molecular weight excluding hydrogens is 362 g/mol. The Kier molecular flexibility index (Phi) is 5.63. The molecule has 0 saturated carbocycles. The van der Waals surface area contributed by atoms with Crippen LogP contribution in [0.2, 0.25) is 0 Å². The SMILES string of the molecule is CN1CCC(N2C[C@H]3CN(C(=O)C4CCOCC4)[C@H](c4ccccc4)[C@H]3C2)CC1. The maximum atomic E-state index is 13.5. The lowest BCUT2D eigenvalue weighted by molar-refractivity contribution is -0.140. The second-order valence-electron chi connectivity index (χ2n) is 9.65. The summed E-state index contributed by atoms with van der Waals surface area (Å²) in [5, 5.41) is 0. The molecule has 3 atom stereocenters. The highest BCUT2D eigenvalue weighted by Gasteiger charge is 2.50. The van der Waals surface area contributed by atoms with E-state index in [4.69, 9.17) is 4.74 Å². The molecule has 158 valence electrons. The molecule has 4 heterocycles. The van der Waals surface area contributed by atoms with E-state index < -0.39 is 0 Å². The van der Waals surface area contributed by atoms with Gasteiger partial charge in [-0.2, -0.15) is 0 Å². The van der Waals surface area contributed by atoms with Crippen LogP contribution in [0.4, 0.5) is 0 Å². The zero-order valence-electron chi connectivity index (χ0n) is 17.7. The average molecular weight is 398 g/mol. The summed E-state index contributed by atoms with van der Waals surface area (Å²) in [7, 11) is 2.24. The smallest absolute Gasteiger partial charge is 0.226 e. The van der Waals surface area contributed by atoms with Crippen LogP contribution in [0.25, 0.3) is 0 Å². The number of rotatable bonds is 3. The second-order valence-corrected chi connectivity index (χ2v) is 9.65. The quantitative estimate of drug-likeness (QED) is 0.786. The Balaban J connectivity index is 1.35. The number of fused-ring (bicyclic) bond motifs is 1. The topological polar surface area (TPSA) is 36.0 Å². The molecule has 0 unspecified atom stereocenters. The first-order valence-corrected chi connectivity index (χ1v) is 11.6. The van der Waals surface area contributed by atoms with Crippen LogP contribution in [0.15, 0.2) is 30.3 Å². The molecule has 1 aromatic rings. The van der Waals surface area contributed by atoms with E-state index in [1.54, 1.807) is 0 Å². The van der Waals surface area contributed by atoms with Crippen molar-refractivity contribution in [1.29, 1.82) is 0 Å². The van der Waals surface area contributed by atoms with Crippen molar-refractivity contribution in [3.05, 3.63) is 35.9 Å². The van der Waals surface area contributed by atoms with Crippen molar-refractivity contribution in [2.24, 2.45) is 17.8 Å². The number of benzene rings is 1. The summed E-state index contributed by atoms with van der Waals surface area (Å²) in [5.74, 6) is 1.71. The van der Waals surface area contributed by atoms with Crippen LogP contribution in [0.5, 0.6) is 0 Å². The molecule has 0 aromatic heterocycles. The summed E-state index contributed by atoms with van der Waals surface area (Å²) in [6.07, 6.45) is 4.34. The maximum absolute atomic E-state index is 13.5. The summed E-state index contributed by atoms with van der Waals surface area (Å²) in [4.78, 5) is 21.0. The Hall–Kier alpha value is -1.43. The molecule has 29 heavy (non-hydrogen) atoms. The van der Waals surface area contributed by atoms with E-state index in [1.807, 2.05) is 0 Å². The third kappa shape index (κ3) is 3.85. The first-order chi connectivity index (χ1) is 14.2. The zero-order valence-corrected chi connectivity index (χ0v) is 17.7. The molecule has 4 aliphatic heterocycles. The second kappa shape index (κ2) is 8.37. The van der Waals surface area contributed by atoms with Gasteiger partial charge in [0, 0.05) is 50.7 Å². The molecule has 5 rings (SSSR count). The van der Waals surface area contributed by atoms with Gasteiger partial charge in [-0.1, -0.05) is 30.3 Å². The van der Waals surface area contributed by atoms with Crippen LogP contribution in [0, 0.1) is 17.8 Å². The van der Waals surface area contributed by atoms with E-state index in [1.165, 1.54) is 38.0 Å². The molecule has 5 heteroatoms. The van der Waals surface area contributed by atoms with Crippen LogP contribution in [0.1, 0.15) is 37.3 Å². The molecule has 0 bridgehead atoms. The molecule has 0 spiro atoms. The Morgan fingerprint density at radius 2 is 1.69 bits per heavy atom. The number of ether oxygens (including phenoxy) is 1. The van der Waals surface area contributed by atoms with Crippen LogP contribution < -0.4 is 0 Å². The summed E-state index contributed by atoms with van der Waals surface area (Å²) in [5.41, 5.74) is 1.32. The van der Waals surface area contributed by atoms with Crippen molar-refractivity contribution in [2.75, 3.05) is 53.0 Å². The van der Waals surface area contributed by atoms with Gasteiger partial charge in [-0.25, -0.2) is 0 Å². The van der Waals surface area contributed by atoms with Crippen molar-refractivity contribution < 1.29 is 9.53 Å².